The van der Waals surface area contributed by atoms with Crippen LogP contribution in [-0.2, 0) is 19.4 Å². The van der Waals surface area contributed by atoms with E-state index in [0.29, 0.717) is 13.0 Å². The number of rotatable bonds is 5. The van der Waals surface area contributed by atoms with Crippen molar-refractivity contribution in [3.8, 4) is 11.3 Å². The van der Waals surface area contributed by atoms with E-state index in [1.165, 1.54) is 11.1 Å². The summed E-state index contributed by atoms with van der Waals surface area (Å²) < 4.78 is 0. The molecule has 1 aliphatic heterocycles. The molecule has 4 rings (SSSR count). The first kappa shape index (κ1) is 16.1. The Hall–Kier alpha value is -2.43. The van der Waals surface area contributed by atoms with E-state index in [-0.39, 0.29) is 0 Å². The number of aromatic nitrogens is 2. The van der Waals surface area contributed by atoms with Gasteiger partial charge in [0.25, 0.3) is 0 Å². The largest absolute Gasteiger partial charge is 0.391 e. The van der Waals surface area contributed by atoms with E-state index >= 15 is 0 Å². The Kier molecular flexibility index (Phi) is 4.63. The Morgan fingerprint density at radius 3 is 2.76 bits per heavy atom. The van der Waals surface area contributed by atoms with Crippen molar-refractivity contribution in [2.45, 2.75) is 25.5 Å². The van der Waals surface area contributed by atoms with E-state index < -0.39 is 6.10 Å². The summed E-state index contributed by atoms with van der Waals surface area (Å²) in [6.45, 7) is 2.62. The minimum absolute atomic E-state index is 0.397. The van der Waals surface area contributed by atoms with Crippen molar-refractivity contribution in [1.29, 1.82) is 0 Å². The Morgan fingerprint density at radius 1 is 1.08 bits per heavy atom. The van der Waals surface area contributed by atoms with Gasteiger partial charge in [-0.1, -0.05) is 30.3 Å². The van der Waals surface area contributed by atoms with Gasteiger partial charge in [0.2, 0.25) is 0 Å². The number of H-pyrrole nitrogens is 1. The lowest BCUT2D eigenvalue weighted by Crippen LogP contribution is -2.37. The highest BCUT2D eigenvalue weighted by molar-refractivity contribution is 5.62. The molecule has 0 saturated carbocycles. The van der Waals surface area contributed by atoms with Crippen molar-refractivity contribution in [3.05, 3.63) is 77.7 Å². The number of hydrogen-bond acceptors (Lipinski definition) is 3. The lowest BCUT2D eigenvalue weighted by atomic mass is 9.99. The molecule has 4 heteroatoms. The lowest BCUT2D eigenvalue weighted by Gasteiger charge is -2.30. The Morgan fingerprint density at radius 2 is 1.92 bits per heavy atom. The van der Waals surface area contributed by atoms with Gasteiger partial charge in [-0.2, -0.15) is 0 Å². The number of pyridine rings is 1. The molecule has 1 aliphatic rings. The molecule has 25 heavy (non-hydrogen) atoms. The van der Waals surface area contributed by atoms with Gasteiger partial charge in [-0.3, -0.25) is 9.88 Å². The Balaban J connectivity index is 1.41. The second-order valence-electron chi connectivity index (χ2n) is 6.70. The highest BCUT2D eigenvalue weighted by atomic mass is 16.3. The van der Waals surface area contributed by atoms with Crippen LogP contribution in [0.15, 0.2) is 60.9 Å². The molecule has 3 aromatic rings. The first-order chi connectivity index (χ1) is 12.3. The van der Waals surface area contributed by atoms with Gasteiger partial charge in [0, 0.05) is 49.7 Å². The number of hydrogen-bond donors (Lipinski definition) is 2. The summed E-state index contributed by atoms with van der Waals surface area (Å²) in [6.07, 6.45) is 4.99. The lowest BCUT2D eigenvalue weighted by molar-refractivity contribution is 0.105. The highest BCUT2D eigenvalue weighted by Gasteiger charge is 2.20. The molecule has 0 radical (unpaired) electrons. The van der Waals surface area contributed by atoms with E-state index in [1.54, 1.807) is 6.20 Å². The van der Waals surface area contributed by atoms with Crippen molar-refractivity contribution in [2.75, 3.05) is 13.1 Å². The molecule has 1 aromatic carbocycles. The molecule has 128 valence electrons. The van der Waals surface area contributed by atoms with E-state index in [9.17, 15) is 5.11 Å². The Bertz CT molecular complexity index is 828. The third-order valence-corrected chi connectivity index (χ3v) is 4.89. The minimum atomic E-state index is -0.397. The summed E-state index contributed by atoms with van der Waals surface area (Å²) in [5.41, 5.74) is 5.88. The maximum Gasteiger partial charge on any atom is 0.0721 e. The van der Waals surface area contributed by atoms with Crippen LogP contribution in [0.5, 0.6) is 0 Å². The number of aliphatic hydroxyl groups is 1. The number of nitrogens with zero attached hydrogens (tertiary/aromatic N) is 2. The van der Waals surface area contributed by atoms with Crippen LogP contribution in [0.25, 0.3) is 11.3 Å². The smallest absolute Gasteiger partial charge is 0.0721 e. The molecule has 0 spiro atoms. The van der Waals surface area contributed by atoms with E-state index in [4.69, 9.17) is 0 Å². The van der Waals surface area contributed by atoms with Gasteiger partial charge in [0.05, 0.1) is 11.8 Å². The van der Waals surface area contributed by atoms with Gasteiger partial charge in [-0.15, -0.1) is 0 Å². The third kappa shape index (κ3) is 3.65. The van der Waals surface area contributed by atoms with E-state index in [0.717, 1.165) is 36.5 Å². The van der Waals surface area contributed by atoms with Crippen LogP contribution < -0.4 is 0 Å². The number of nitrogens with one attached hydrogen (secondary N) is 1. The fourth-order valence-corrected chi connectivity index (χ4v) is 3.64. The standard InChI is InChI=1S/C21H23N3O/c25-18(15-24-12-9-16-5-1-2-6-17(16)14-24)13-21-19(8-11-23-21)20-7-3-4-10-22-20/h1-8,10-11,18,23,25H,9,12-15H2/t18-/m1/s1. The normalized spacial score (nSPS) is 15.7. The highest BCUT2D eigenvalue weighted by Crippen LogP contribution is 2.23. The summed E-state index contributed by atoms with van der Waals surface area (Å²) >= 11 is 0. The molecule has 0 bridgehead atoms. The molecule has 0 aliphatic carbocycles. The number of aliphatic hydroxyl groups excluding tert-OH is 1. The predicted molar refractivity (Wildman–Crippen MR) is 99.2 cm³/mol. The first-order valence-electron chi connectivity index (χ1n) is 8.84. The second-order valence-corrected chi connectivity index (χ2v) is 6.70. The predicted octanol–water partition coefficient (Wildman–Crippen LogP) is 3.04. The number of β-amino-alcohol motifs (C(OH)–C–C–N with tert-alkyl or cyclic N) is 1. The molecule has 0 fully saturated rings. The summed E-state index contributed by atoms with van der Waals surface area (Å²) in [4.78, 5) is 10.0. The van der Waals surface area contributed by atoms with Gasteiger partial charge in [-0.25, -0.2) is 0 Å². The fourth-order valence-electron chi connectivity index (χ4n) is 3.64. The van der Waals surface area contributed by atoms with E-state index in [1.807, 2.05) is 30.5 Å². The maximum atomic E-state index is 10.6. The van der Waals surface area contributed by atoms with Crippen molar-refractivity contribution in [3.63, 3.8) is 0 Å². The molecule has 4 nitrogen and oxygen atoms in total. The van der Waals surface area contributed by atoms with Crippen LogP contribution in [0.4, 0.5) is 0 Å². The van der Waals surface area contributed by atoms with Crippen LogP contribution >= 0.6 is 0 Å². The van der Waals surface area contributed by atoms with Crippen LogP contribution in [0, 0.1) is 0 Å². The molecule has 0 unspecified atom stereocenters. The molecule has 2 N–H and O–H groups in total. The van der Waals surface area contributed by atoms with Crippen molar-refractivity contribution in [2.24, 2.45) is 0 Å². The first-order valence-corrected chi connectivity index (χ1v) is 8.84. The zero-order valence-corrected chi connectivity index (χ0v) is 14.2. The maximum absolute atomic E-state index is 10.6. The Labute approximate surface area is 148 Å². The summed E-state index contributed by atoms with van der Waals surface area (Å²) in [6, 6.07) is 16.5. The van der Waals surface area contributed by atoms with Gasteiger partial charge in [-0.05, 0) is 35.7 Å². The van der Waals surface area contributed by atoms with Gasteiger partial charge in [0.1, 0.15) is 0 Å². The molecular weight excluding hydrogens is 310 g/mol. The topological polar surface area (TPSA) is 52.1 Å². The minimum Gasteiger partial charge on any atom is -0.391 e. The SMILES string of the molecule is O[C@H](Cc1[nH]ccc1-c1ccccn1)CN1CCc2ccccc2C1. The van der Waals surface area contributed by atoms with Crippen molar-refractivity contribution < 1.29 is 5.11 Å². The average Bonchev–Trinajstić information content (AvgIpc) is 3.10. The fraction of sp³-hybridized carbons (Fsp3) is 0.286. The molecule has 0 amide bonds. The summed E-state index contributed by atoms with van der Waals surface area (Å²) in [5, 5.41) is 10.6. The number of aromatic amines is 1. The second kappa shape index (κ2) is 7.21. The molecule has 0 saturated heterocycles. The van der Waals surface area contributed by atoms with Gasteiger partial charge >= 0.3 is 0 Å². The van der Waals surface area contributed by atoms with Crippen LogP contribution in [0.2, 0.25) is 0 Å². The zero-order valence-electron chi connectivity index (χ0n) is 14.2. The number of fused-ring (bicyclic) bond motifs is 1. The summed E-state index contributed by atoms with van der Waals surface area (Å²) in [5.74, 6) is 0. The average molecular weight is 333 g/mol. The monoisotopic (exact) mass is 333 g/mol. The van der Waals surface area contributed by atoms with Crippen LogP contribution in [0.1, 0.15) is 16.8 Å². The molecule has 1 atom stereocenters. The van der Waals surface area contributed by atoms with E-state index in [2.05, 4.69) is 39.1 Å². The number of benzene rings is 1. The quantitative estimate of drug-likeness (QED) is 0.754. The third-order valence-electron chi connectivity index (χ3n) is 4.89. The van der Waals surface area contributed by atoms with Crippen molar-refractivity contribution in [1.82, 2.24) is 14.9 Å². The van der Waals surface area contributed by atoms with Gasteiger partial charge < -0.3 is 10.1 Å². The van der Waals surface area contributed by atoms with Crippen LogP contribution in [0.3, 0.4) is 0 Å². The summed E-state index contributed by atoms with van der Waals surface area (Å²) in [7, 11) is 0. The van der Waals surface area contributed by atoms with Crippen molar-refractivity contribution >= 4 is 0 Å². The zero-order chi connectivity index (χ0) is 17.1. The molecule has 3 heterocycles. The van der Waals surface area contributed by atoms with Crippen LogP contribution in [-0.4, -0.2) is 39.2 Å². The van der Waals surface area contributed by atoms with Gasteiger partial charge in [0.15, 0.2) is 0 Å². The molecule has 2 aromatic heterocycles. The molecular formula is C21H23N3O.